The van der Waals surface area contributed by atoms with Gasteiger partial charge in [0.05, 0.1) is 18.8 Å². The molecule has 2 fully saturated rings. The quantitative estimate of drug-likeness (QED) is 0.534. The third kappa shape index (κ3) is 4.95. The van der Waals surface area contributed by atoms with Crippen molar-refractivity contribution in [3.05, 3.63) is 30.0 Å². The van der Waals surface area contributed by atoms with Gasteiger partial charge in [-0.15, -0.1) is 0 Å². The van der Waals surface area contributed by atoms with Crippen LogP contribution in [-0.4, -0.2) is 77.5 Å². The molecule has 0 radical (unpaired) electrons. The average molecular weight is 432 g/mol. The summed E-state index contributed by atoms with van der Waals surface area (Å²) < 4.78 is 10.2. The monoisotopic (exact) mass is 431 g/mol. The number of furan rings is 1. The summed E-state index contributed by atoms with van der Waals surface area (Å²) in [6, 6.07) is 4.27. The lowest BCUT2D eigenvalue weighted by atomic mass is 10.2. The first-order valence-corrected chi connectivity index (χ1v) is 11.9. The first-order chi connectivity index (χ1) is 14.8. The average Bonchev–Trinajstić information content (AvgIpc) is 3.56. The summed E-state index contributed by atoms with van der Waals surface area (Å²) in [6.07, 6.45) is 5.17. The molecule has 30 heavy (non-hydrogen) atoms. The van der Waals surface area contributed by atoms with Crippen LogP contribution in [0.25, 0.3) is 0 Å². The van der Waals surface area contributed by atoms with Crippen LogP contribution >= 0.6 is 11.5 Å². The molecule has 0 aromatic carbocycles. The SMILES string of the molecule is CCNC(=NCC(c1ccco1)N1CCCC1)N1CCN(c2nc(CC)ns2)CC1. The highest BCUT2D eigenvalue weighted by Crippen LogP contribution is 2.26. The predicted molar refractivity (Wildman–Crippen MR) is 121 cm³/mol. The normalized spacial score (nSPS) is 19.5. The highest BCUT2D eigenvalue weighted by atomic mass is 32.1. The molecule has 2 aliphatic rings. The second kappa shape index (κ2) is 10.3. The lowest BCUT2D eigenvalue weighted by Gasteiger charge is -2.36. The minimum atomic E-state index is 0.214. The Morgan fingerprint density at radius 1 is 1.20 bits per heavy atom. The number of anilines is 1. The molecule has 1 unspecified atom stereocenters. The molecule has 2 saturated heterocycles. The first-order valence-electron chi connectivity index (χ1n) is 11.2. The maximum atomic E-state index is 5.76. The molecule has 2 aliphatic heterocycles. The van der Waals surface area contributed by atoms with Crippen molar-refractivity contribution < 1.29 is 4.42 Å². The molecule has 0 bridgehead atoms. The summed E-state index contributed by atoms with van der Waals surface area (Å²) >= 11 is 1.51. The molecule has 1 N–H and O–H groups in total. The molecule has 4 rings (SSSR count). The van der Waals surface area contributed by atoms with Gasteiger partial charge in [0.2, 0.25) is 5.13 Å². The molecule has 4 heterocycles. The van der Waals surface area contributed by atoms with Crippen LogP contribution < -0.4 is 10.2 Å². The molecule has 9 heteroatoms. The van der Waals surface area contributed by atoms with E-state index < -0.39 is 0 Å². The van der Waals surface area contributed by atoms with Crippen LogP contribution in [0.1, 0.15) is 44.3 Å². The second-order valence-corrected chi connectivity index (χ2v) is 8.52. The number of aromatic nitrogens is 2. The Kier molecular flexibility index (Phi) is 7.22. The van der Waals surface area contributed by atoms with Crippen LogP contribution in [0.4, 0.5) is 5.13 Å². The zero-order chi connectivity index (χ0) is 20.8. The van der Waals surface area contributed by atoms with Crippen molar-refractivity contribution in [3.8, 4) is 0 Å². The van der Waals surface area contributed by atoms with Crippen molar-refractivity contribution in [1.82, 2.24) is 24.5 Å². The van der Waals surface area contributed by atoms with Crippen molar-refractivity contribution >= 4 is 22.6 Å². The molecule has 2 aromatic rings. The van der Waals surface area contributed by atoms with Crippen molar-refractivity contribution in [1.29, 1.82) is 0 Å². The van der Waals surface area contributed by atoms with E-state index in [1.807, 2.05) is 6.07 Å². The molecule has 0 aliphatic carbocycles. The molecule has 164 valence electrons. The number of piperazine rings is 1. The van der Waals surface area contributed by atoms with Gasteiger partial charge in [0.15, 0.2) is 5.96 Å². The van der Waals surface area contributed by atoms with Gasteiger partial charge in [-0.2, -0.15) is 4.37 Å². The summed E-state index contributed by atoms with van der Waals surface area (Å²) in [7, 11) is 0. The van der Waals surface area contributed by atoms with Crippen LogP contribution in [0, 0.1) is 0 Å². The maximum Gasteiger partial charge on any atom is 0.205 e. The summed E-state index contributed by atoms with van der Waals surface area (Å²) in [6.45, 7) is 11.8. The number of nitrogens with one attached hydrogen (secondary N) is 1. The standard InChI is InChI=1S/C21H33N7OS/c1-3-19-24-21(30-25-19)28-13-11-27(12-14-28)20(22-4-2)23-16-17(18-8-7-15-29-18)26-9-5-6-10-26/h7-8,15,17H,3-6,9-14,16H2,1-2H3,(H,22,23). The number of hydrogen-bond donors (Lipinski definition) is 1. The molecule has 1 atom stereocenters. The fourth-order valence-electron chi connectivity index (χ4n) is 4.14. The highest BCUT2D eigenvalue weighted by Gasteiger charge is 2.27. The van der Waals surface area contributed by atoms with E-state index in [-0.39, 0.29) is 6.04 Å². The van der Waals surface area contributed by atoms with Gasteiger partial charge in [0, 0.05) is 50.7 Å². The van der Waals surface area contributed by atoms with Crippen LogP contribution in [0.5, 0.6) is 0 Å². The third-order valence-corrected chi connectivity index (χ3v) is 6.64. The van der Waals surface area contributed by atoms with Crippen molar-refractivity contribution in [2.75, 3.05) is 57.3 Å². The number of rotatable bonds is 7. The number of hydrogen-bond acceptors (Lipinski definition) is 7. The smallest absolute Gasteiger partial charge is 0.205 e. The van der Waals surface area contributed by atoms with E-state index in [0.717, 1.165) is 74.9 Å². The van der Waals surface area contributed by atoms with Crippen LogP contribution in [0.3, 0.4) is 0 Å². The Morgan fingerprint density at radius 2 is 2.00 bits per heavy atom. The van der Waals surface area contributed by atoms with Crippen molar-refractivity contribution in [2.45, 2.75) is 39.2 Å². The minimum absolute atomic E-state index is 0.214. The Labute approximate surface area is 183 Å². The number of likely N-dealkylation sites (tertiary alicyclic amines) is 1. The number of aryl methyl sites for hydroxylation is 1. The van der Waals surface area contributed by atoms with Gasteiger partial charge in [-0.3, -0.25) is 9.89 Å². The zero-order valence-corrected chi connectivity index (χ0v) is 18.9. The summed E-state index contributed by atoms with van der Waals surface area (Å²) in [4.78, 5) is 16.9. The van der Waals surface area contributed by atoms with Crippen LogP contribution in [0.2, 0.25) is 0 Å². The number of nitrogens with zero attached hydrogens (tertiary/aromatic N) is 6. The van der Waals surface area contributed by atoms with Gasteiger partial charge >= 0.3 is 0 Å². The Balaban J connectivity index is 1.40. The van der Waals surface area contributed by atoms with Gasteiger partial charge in [-0.05, 0) is 45.0 Å². The first kappa shape index (κ1) is 21.1. The van der Waals surface area contributed by atoms with Gasteiger partial charge < -0.3 is 19.5 Å². The van der Waals surface area contributed by atoms with Gasteiger partial charge in [-0.1, -0.05) is 6.92 Å². The fourth-order valence-corrected chi connectivity index (χ4v) is 4.95. The molecule has 0 spiro atoms. The van der Waals surface area contributed by atoms with Gasteiger partial charge in [0.25, 0.3) is 0 Å². The van der Waals surface area contributed by atoms with E-state index in [4.69, 9.17) is 9.41 Å². The molecule has 0 saturated carbocycles. The third-order valence-electron chi connectivity index (χ3n) is 5.83. The Morgan fingerprint density at radius 3 is 2.63 bits per heavy atom. The number of guanidine groups is 1. The molecular weight excluding hydrogens is 398 g/mol. The highest BCUT2D eigenvalue weighted by molar-refractivity contribution is 7.09. The molecule has 0 amide bonds. The molecule has 2 aromatic heterocycles. The van der Waals surface area contributed by atoms with Crippen molar-refractivity contribution in [2.24, 2.45) is 4.99 Å². The van der Waals surface area contributed by atoms with E-state index in [2.05, 4.69) is 49.3 Å². The Hall–Kier alpha value is -2.13. The predicted octanol–water partition coefficient (Wildman–Crippen LogP) is 2.62. The largest absolute Gasteiger partial charge is 0.468 e. The van der Waals surface area contributed by atoms with E-state index in [1.54, 1.807) is 6.26 Å². The van der Waals surface area contributed by atoms with Crippen molar-refractivity contribution in [3.63, 3.8) is 0 Å². The minimum Gasteiger partial charge on any atom is -0.468 e. The fraction of sp³-hybridized carbons (Fsp3) is 0.667. The summed E-state index contributed by atoms with van der Waals surface area (Å²) in [5, 5.41) is 4.54. The van der Waals surface area contributed by atoms with E-state index >= 15 is 0 Å². The zero-order valence-electron chi connectivity index (χ0n) is 18.1. The summed E-state index contributed by atoms with van der Waals surface area (Å²) in [5.41, 5.74) is 0. The Bertz CT molecular complexity index is 792. The lowest BCUT2D eigenvalue weighted by molar-refractivity contribution is 0.220. The van der Waals surface area contributed by atoms with E-state index in [0.29, 0.717) is 6.54 Å². The second-order valence-electron chi connectivity index (χ2n) is 7.79. The van der Waals surface area contributed by atoms with E-state index in [1.165, 1.54) is 24.4 Å². The molecular formula is C21H33N7OS. The van der Waals surface area contributed by atoms with Gasteiger partial charge in [0.1, 0.15) is 11.6 Å². The molecule has 8 nitrogen and oxygen atoms in total. The summed E-state index contributed by atoms with van der Waals surface area (Å²) in [5.74, 6) is 2.96. The maximum absolute atomic E-state index is 5.76. The topological polar surface area (TPSA) is 73.0 Å². The van der Waals surface area contributed by atoms with Gasteiger partial charge in [-0.25, -0.2) is 4.98 Å². The van der Waals surface area contributed by atoms with Crippen LogP contribution in [-0.2, 0) is 6.42 Å². The number of aliphatic imine (C=N–C) groups is 1. The van der Waals surface area contributed by atoms with Crippen LogP contribution in [0.15, 0.2) is 27.8 Å². The van der Waals surface area contributed by atoms with E-state index in [9.17, 15) is 0 Å². The lowest BCUT2D eigenvalue weighted by Crippen LogP contribution is -2.52.